The van der Waals surface area contributed by atoms with Crippen molar-refractivity contribution in [2.45, 2.75) is 79.1 Å². The fraction of sp³-hybridized carbons (Fsp3) is 0.941. The molecule has 0 aromatic carbocycles. The Hall–Kier alpha value is -0.330. The number of hydrogen-bond acceptors (Lipinski definition) is 2. The van der Waals surface area contributed by atoms with Gasteiger partial charge in [-0.25, -0.2) is 5.26 Å². The van der Waals surface area contributed by atoms with Crippen LogP contribution in [-0.4, -0.2) is 30.7 Å². The highest BCUT2D eigenvalue weighted by molar-refractivity contribution is 7.64. The molecule has 20 heavy (non-hydrogen) atoms. The molecule has 0 radical (unpaired) electrons. The molecule has 2 nitrogen and oxygen atoms in total. The topological polar surface area (TPSA) is 23.8 Å². The van der Waals surface area contributed by atoms with E-state index in [1.165, 1.54) is 87.4 Å². The standard InChI is InChI=1S/C16H36N.CHNS/c1-5-9-13-17(14-10-6-2,15-11-7-3)16-12-8-4;2-1-3/h5-16H2,1-4H3;3H/q+1;/p-1. The van der Waals surface area contributed by atoms with Crippen molar-refractivity contribution in [1.82, 2.24) is 0 Å². The first-order valence-electron chi connectivity index (χ1n) is 8.52. The number of hydrogen-bond donors (Lipinski definition) is 0. The first kappa shape index (κ1) is 22.0. The number of unbranched alkanes of at least 4 members (excludes halogenated alkanes) is 4. The van der Waals surface area contributed by atoms with E-state index in [0.29, 0.717) is 0 Å². The molecular weight excluding hydrogens is 264 g/mol. The molecule has 0 heterocycles. The van der Waals surface area contributed by atoms with Crippen LogP contribution in [-0.2, 0) is 12.6 Å². The molecule has 0 aromatic heterocycles. The van der Waals surface area contributed by atoms with E-state index in [4.69, 9.17) is 5.26 Å². The molecule has 120 valence electrons. The van der Waals surface area contributed by atoms with Crippen LogP contribution >= 0.6 is 0 Å². The molecule has 0 aliphatic rings. The number of rotatable bonds is 12. The molecule has 0 aliphatic heterocycles. The van der Waals surface area contributed by atoms with E-state index in [2.05, 4.69) is 40.3 Å². The van der Waals surface area contributed by atoms with Crippen molar-refractivity contribution >= 4 is 12.6 Å². The lowest BCUT2D eigenvalue weighted by atomic mass is 10.1. The highest BCUT2D eigenvalue weighted by Crippen LogP contribution is 2.16. The largest absolute Gasteiger partial charge is 0.696 e. The average Bonchev–Trinajstić information content (AvgIpc) is 2.46. The molecule has 0 fully saturated rings. The van der Waals surface area contributed by atoms with Crippen LogP contribution in [0.2, 0.25) is 0 Å². The van der Waals surface area contributed by atoms with Crippen molar-refractivity contribution in [2.75, 3.05) is 26.2 Å². The zero-order valence-corrected chi connectivity index (χ0v) is 15.1. The van der Waals surface area contributed by atoms with Gasteiger partial charge in [0.1, 0.15) is 0 Å². The summed E-state index contributed by atoms with van der Waals surface area (Å²) in [7, 11) is 0. The van der Waals surface area contributed by atoms with Gasteiger partial charge < -0.3 is 17.1 Å². The molecule has 0 amide bonds. The summed E-state index contributed by atoms with van der Waals surface area (Å²) in [5, 5.41) is 8.47. The fourth-order valence-electron chi connectivity index (χ4n) is 2.64. The highest BCUT2D eigenvalue weighted by Gasteiger charge is 2.24. The van der Waals surface area contributed by atoms with Gasteiger partial charge in [-0.15, -0.1) is 0 Å². The minimum Gasteiger partial charge on any atom is -0.696 e. The summed E-state index contributed by atoms with van der Waals surface area (Å²) in [6.45, 7) is 15.0. The molecule has 0 rings (SSSR count). The predicted molar refractivity (Wildman–Crippen MR) is 92.3 cm³/mol. The van der Waals surface area contributed by atoms with Gasteiger partial charge in [0.15, 0.2) is 0 Å². The lowest BCUT2D eigenvalue weighted by Gasteiger charge is -2.39. The molecule has 0 unspecified atom stereocenters. The third-order valence-corrected chi connectivity index (χ3v) is 3.94. The van der Waals surface area contributed by atoms with Crippen LogP contribution in [0.15, 0.2) is 0 Å². The summed E-state index contributed by atoms with van der Waals surface area (Å²) in [6, 6.07) is 0. The molecule has 0 saturated heterocycles. The Morgan fingerprint density at radius 1 is 0.700 bits per heavy atom. The Morgan fingerprint density at radius 3 is 1.05 bits per heavy atom. The zero-order chi connectivity index (χ0) is 15.7. The monoisotopic (exact) mass is 300 g/mol. The summed E-state index contributed by atoms with van der Waals surface area (Å²) < 4.78 is 1.42. The second-order valence-corrected chi connectivity index (χ2v) is 5.92. The van der Waals surface area contributed by atoms with Crippen molar-refractivity contribution in [1.29, 1.82) is 5.26 Å². The summed E-state index contributed by atoms with van der Waals surface area (Å²) in [4.78, 5) is 0. The summed E-state index contributed by atoms with van der Waals surface area (Å²) in [5.74, 6) is 0. The Morgan fingerprint density at radius 2 is 0.900 bits per heavy atom. The maximum Gasteiger partial charge on any atom is 0.0786 e. The highest BCUT2D eigenvalue weighted by atomic mass is 32.1. The molecule has 0 saturated carbocycles. The Labute approximate surface area is 133 Å². The molecule has 0 aromatic rings. The molecule has 0 N–H and O–H groups in total. The second-order valence-electron chi connectivity index (χ2n) is 5.74. The van der Waals surface area contributed by atoms with E-state index < -0.39 is 0 Å². The minimum absolute atomic E-state index is 1.33. The average molecular weight is 301 g/mol. The predicted octanol–water partition coefficient (Wildman–Crippen LogP) is 5.02. The van der Waals surface area contributed by atoms with Gasteiger partial charge in [0.2, 0.25) is 0 Å². The molecule has 3 heteroatoms. The van der Waals surface area contributed by atoms with Crippen LogP contribution < -0.4 is 0 Å². The van der Waals surface area contributed by atoms with E-state index in [0.717, 1.165) is 0 Å². The van der Waals surface area contributed by atoms with Crippen molar-refractivity contribution < 1.29 is 4.48 Å². The van der Waals surface area contributed by atoms with Gasteiger partial charge in [-0.1, -0.05) is 58.8 Å². The van der Waals surface area contributed by atoms with E-state index >= 15 is 0 Å². The molecule has 0 spiro atoms. The van der Waals surface area contributed by atoms with Crippen molar-refractivity contribution in [3.8, 4) is 5.40 Å². The van der Waals surface area contributed by atoms with Crippen LogP contribution in [0.4, 0.5) is 0 Å². The zero-order valence-electron chi connectivity index (χ0n) is 14.3. The maximum atomic E-state index is 7.13. The van der Waals surface area contributed by atoms with E-state index in [1.54, 1.807) is 0 Å². The third kappa shape index (κ3) is 12.7. The molecule has 0 atom stereocenters. The molecule has 0 aliphatic carbocycles. The maximum absolute atomic E-state index is 7.13. The SMILES string of the molecule is CCCC[N+](CCCC)(CCCC)CCCC.N#C[S-]. The Kier molecular flexibility index (Phi) is 18.4. The third-order valence-electron chi connectivity index (χ3n) is 3.94. The van der Waals surface area contributed by atoms with E-state index in [-0.39, 0.29) is 0 Å². The summed E-state index contributed by atoms with van der Waals surface area (Å²) in [6.07, 6.45) is 11.1. The van der Waals surface area contributed by atoms with Crippen molar-refractivity contribution in [3.05, 3.63) is 0 Å². The summed E-state index contributed by atoms with van der Waals surface area (Å²) >= 11 is 3.70. The van der Waals surface area contributed by atoms with E-state index in [9.17, 15) is 0 Å². The number of thiocyanates is 1. The van der Waals surface area contributed by atoms with Crippen molar-refractivity contribution in [2.24, 2.45) is 0 Å². The van der Waals surface area contributed by atoms with Crippen LogP contribution in [0.5, 0.6) is 0 Å². The van der Waals surface area contributed by atoms with Gasteiger partial charge in [-0.2, -0.15) is 0 Å². The second kappa shape index (κ2) is 16.7. The smallest absolute Gasteiger partial charge is 0.0786 e. The van der Waals surface area contributed by atoms with Gasteiger partial charge in [0.05, 0.1) is 26.2 Å². The lowest BCUT2D eigenvalue weighted by molar-refractivity contribution is -0.929. The van der Waals surface area contributed by atoms with Crippen LogP contribution in [0, 0.1) is 10.7 Å². The Bertz CT molecular complexity index is 186. The summed E-state index contributed by atoms with van der Waals surface area (Å²) in [5.41, 5.74) is 0. The van der Waals surface area contributed by atoms with Crippen molar-refractivity contribution in [3.63, 3.8) is 0 Å². The Balaban J connectivity index is 0. The van der Waals surface area contributed by atoms with Gasteiger partial charge in [-0.05, 0) is 25.7 Å². The van der Waals surface area contributed by atoms with Gasteiger partial charge in [0.25, 0.3) is 0 Å². The lowest BCUT2D eigenvalue weighted by Crippen LogP contribution is -2.50. The number of nitriles is 1. The van der Waals surface area contributed by atoms with E-state index in [1.807, 2.05) is 0 Å². The first-order chi connectivity index (χ1) is 9.66. The van der Waals surface area contributed by atoms with Crippen LogP contribution in [0.1, 0.15) is 79.1 Å². The fourth-order valence-corrected chi connectivity index (χ4v) is 2.64. The quantitative estimate of drug-likeness (QED) is 0.287. The first-order valence-corrected chi connectivity index (χ1v) is 8.93. The number of nitrogens with zero attached hydrogens (tertiary/aromatic N) is 2. The van der Waals surface area contributed by atoms with Gasteiger partial charge in [0, 0.05) is 0 Å². The van der Waals surface area contributed by atoms with Gasteiger partial charge >= 0.3 is 0 Å². The normalized spacial score (nSPS) is 10.6. The van der Waals surface area contributed by atoms with Gasteiger partial charge in [-0.3, -0.25) is 0 Å². The molecule has 0 bridgehead atoms. The number of quaternary nitrogens is 1. The molecular formula is C17H36N2S. The van der Waals surface area contributed by atoms with Crippen LogP contribution in [0.25, 0.3) is 0 Å². The van der Waals surface area contributed by atoms with Crippen LogP contribution in [0.3, 0.4) is 0 Å². The minimum atomic E-state index is 1.33.